The summed E-state index contributed by atoms with van der Waals surface area (Å²) < 4.78 is 5.48. The van der Waals surface area contributed by atoms with Crippen molar-refractivity contribution in [3.63, 3.8) is 0 Å². The Morgan fingerprint density at radius 2 is 2.11 bits per heavy atom. The average Bonchev–Trinajstić information content (AvgIpc) is 2.78. The van der Waals surface area contributed by atoms with Gasteiger partial charge in [0.05, 0.1) is 5.75 Å². The van der Waals surface area contributed by atoms with E-state index in [0.29, 0.717) is 5.75 Å². The topological polar surface area (TPSA) is 68.3 Å². The number of amides is 1. The van der Waals surface area contributed by atoms with Gasteiger partial charge in [-0.3, -0.25) is 10.2 Å². The van der Waals surface area contributed by atoms with Crippen molar-refractivity contribution >= 4 is 17.7 Å². The number of nitrogens with one attached hydrogen (secondary N) is 1. The lowest BCUT2D eigenvalue weighted by Gasteiger charge is -1.98. The van der Waals surface area contributed by atoms with Crippen LogP contribution < -0.4 is 11.3 Å². The van der Waals surface area contributed by atoms with Crippen molar-refractivity contribution in [2.45, 2.75) is 17.6 Å². The number of hydrazine groups is 1. The molecular formula is C13H14N2O2S. The van der Waals surface area contributed by atoms with Crippen LogP contribution in [0.15, 0.2) is 45.7 Å². The fourth-order valence-corrected chi connectivity index (χ4v) is 2.38. The Kier molecular flexibility index (Phi) is 4.07. The predicted octanol–water partition coefficient (Wildman–Crippen LogP) is 2.48. The first kappa shape index (κ1) is 12.7. The molecule has 4 nitrogen and oxygen atoms in total. The molecule has 0 saturated heterocycles. The number of nitrogen functional groups attached to an aromatic ring is 1. The molecule has 1 amide bonds. The van der Waals surface area contributed by atoms with Gasteiger partial charge in [-0.15, -0.1) is 11.8 Å². The van der Waals surface area contributed by atoms with Crippen LogP contribution in [0.3, 0.4) is 0 Å². The number of furan rings is 1. The highest BCUT2D eigenvalue weighted by Crippen LogP contribution is 2.25. The van der Waals surface area contributed by atoms with E-state index in [1.165, 1.54) is 0 Å². The van der Waals surface area contributed by atoms with Gasteiger partial charge in [0.2, 0.25) is 0 Å². The molecule has 0 aliphatic heterocycles. The lowest BCUT2D eigenvalue weighted by Crippen LogP contribution is -2.30. The van der Waals surface area contributed by atoms with Crippen LogP contribution in [0.2, 0.25) is 0 Å². The van der Waals surface area contributed by atoms with Gasteiger partial charge < -0.3 is 4.42 Å². The number of aryl methyl sites for hydroxylation is 1. The van der Waals surface area contributed by atoms with E-state index in [9.17, 15) is 4.79 Å². The minimum absolute atomic E-state index is 0.279. The molecule has 0 aliphatic rings. The van der Waals surface area contributed by atoms with Crippen molar-refractivity contribution in [3.8, 4) is 0 Å². The van der Waals surface area contributed by atoms with E-state index in [1.807, 2.05) is 43.3 Å². The molecule has 3 N–H and O–H groups in total. The zero-order chi connectivity index (χ0) is 13.0. The molecule has 0 radical (unpaired) electrons. The Balaban J connectivity index is 2.05. The smallest absolute Gasteiger partial charge is 0.301 e. The molecule has 0 atom stereocenters. The largest absolute Gasteiger partial charge is 0.455 e. The van der Waals surface area contributed by atoms with E-state index in [0.717, 1.165) is 16.2 Å². The van der Waals surface area contributed by atoms with E-state index in [4.69, 9.17) is 10.3 Å². The zero-order valence-electron chi connectivity index (χ0n) is 9.97. The lowest BCUT2D eigenvalue weighted by atomic mass is 10.2. The molecule has 0 bridgehead atoms. The van der Waals surface area contributed by atoms with Gasteiger partial charge in [-0.05, 0) is 25.1 Å². The molecule has 0 fully saturated rings. The third-order valence-electron chi connectivity index (χ3n) is 2.43. The van der Waals surface area contributed by atoms with Crippen molar-refractivity contribution in [1.82, 2.24) is 5.43 Å². The molecule has 0 saturated carbocycles. The predicted molar refractivity (Wildman–Crippen MR) is 71.1 cm³/mol. The summed E-state index contributed by atoms with van der Waals surface area (Å²) >= 11 is 1.66. The maximum Gasteiger partial charge on any atom is 0.301 e. The first-order valence-corrected chi connectivity index (χ1v) is 6.47. The van der Waals surface area contributed by atoms with Gasteiger partial charge in [0, 0.05) is 10.5 Å². The van der Waals surface area contributed by atoms with Crippen molar-refractivity contribution in [3.05, 3.63) is 53.5 Å². The third kappa shape index (κ3) is 2.94. The highest BCUT2D eigenvalue weighted by atomic mass is 32.2. The second kappa shape index (κ2) is 5.75. The summed E-state index contributed by atoms with van der Waals surface area (Å²) in [6, 6.07) is 11.9. The minimum Gasteiger partial charge on any atom is -0.455 e. The van der Waals surface area contributed by atoms with Gasteiger partial charge in [0.15, 0.2) is 5.76 Å². The Morgan fingerprint density at radius 1 is 1.39 bits per heavy atom. The maximum absolute atomic E-state index is 11.4. The summed E-state index contributed by atoms with van der Waals surface area (Å²) in [6.07, 6.45) is 0. The first-order chi connectivity index (χ1) is 8.70. The van der Waals surface area contributed by atoms with Gasteiger partial charge in [0.1, 0.15) is 5.76 Å². The normalized spacial score (nSPS) is 10.3. The number of hydrogen-bond donors (Lipinski definition) is 2. The summed E-state index contributed by atoms with van der Waals surface area (Å²) in [5.41, 5.74) is 2.86. The van der Waals surface area contributed by atoms with Gasteiger partial charge in [-0.25, -0.2) is 5.84 Å². The first-order valence-electron chi connectivity index (χ1n) is 5.49. The van der Waals surface area contributed by atoms with E-state index in [-0.39, 0.29) is 5.76 Å². The Labute approximate surface area is 110 Å². The molecule has 0 spiro atoms. The Bertz CT molecular complexity index is 537. The van der Waals surface area contributed by atoms with Gasteiger partial charge in [-0.2, -0.15) is 0 Å². The fourth-order valence-electron chi connectivity index (χ4n) is 1.58. The van der Waals surface area contributed by atoms with E-state index in [1.54, 1.807) is 11.8 Å². The van der Waals surface area contributed by atoms with Crippen LogP contribution in [0, 0.1) is 6.92 Å². The number of carbonyl (C=O) groups is 1. The van der Waals surface area contributed by atoms with Crippen LogP contribution in [0.25, 0.3) is 0 Å². The van der Waals surface area contributed by atoms with Gasteiger partial charge >= 0.3 is 5.91 Å². The maximum atomic E-state index is 11.4. The SMILES string of the molecule is Cc1cc(CSc2ccccc2)oc1C(=O)NN. The van der Waals surface area contributed by atoms with Crippen molar-refractivity contribution in [1.29, 1.82) is 0 Å². The Hall–Kier alpha value is -1.72. The number of rotatable bonds is 4. The number of benzene rings is 1. The van der Waals surface area contributed by atoms with E-state index in [2.05, 4.69) is 5.43 Å². The number of thioether (sulfide) groups is 1. The lowest BCUT2D eigenvalue weighted by molar-refractivity contribution is 0.0923. The summed E-state index contributed by atoms with van der Waals surface area (Å²) in [7, 11) is 0. The van der Waals surface area contributed by atoms with Crippen molar-refractivity contribution in [2.24, 2.45) is 5.84 Å². The van der Waals surface area contributed by atoms with E-state index >= 15 is 0 Å². The molecule has 1 aromatic carbocycles. The molecule has 94 valence electrons. The zero-order valence-corrected chi connectivity index (χ0v) is 10.8. The second-order valence-electron chi connectivity index (χ2n) is 3.80. The van der Waals surface area contributed by atoms with Crippen molar-refractivity contribution in [2.75, 3.05) is 0 Å². The van der Waals surface area contributed by atoms with Crippen LogP contribution in [0.4, 0.5) is 0 Å². The van der Waals surface area contributed by atoms with Crippen LogP contribution in [-0.2, 0) is 5.75 Å². The molecule has 1 heterocycles. The number of nitrogens with two attached hydrogens (primary N) is 1. The molecule has 1 aromatic heterocycles. The number of carbonyl (C=O) groups excluding carboxylic acids is 1. The minimum atomic E-state index is -0.400. The molecule has 2 aromatic rings. The van der Waals surface area contributed by atoms with Gasteiger partial charge in [0.25, 0.3) is 0 Å². The van der Waals surface area contributed by atoms with E-state index < -0.39 is 5.91 Å². The van der Waals surface area contributed by atoms with Crippen LogP contribution in [0.1, 0.15) is 21.9 Å². The highest BCUT2D eigenvalue weighted by molar-refractivity contribution is 7.98. The fraction of sp³-hybridized carbons (Fsp3) is 0.154. The second-order valence-corrected chi connectivity index (χ2v) is 4.85. The van der Waals surface area contributed by atoms with Crippen molar-refractivity contribution < 1.29 is 9.21 Å². The third-order valence-corrected chi connectivity index (χ3v) is 3.46. The Morgan fingerprint density at radius 3 is 2.78 bits per heavy atom. The summed E-state index contributed by atoms with van der Waals surface area (Å²) in [6.45, 7) is 1.82. The van der Waals surface area contributed by atoms with Gasteiger partial charge in [-0.1, -0.05) is 18.2 Å². The molecule has 0 aliphatic carbocycles. The molecule has 18 heavy (non-hydrogen) atoms. The summed E-state index contributed by atoms with van der Waals surface area (Å²) in [5.74, 6) is 6.41. The van der Waals surface area contributed by atoms with Crippen LogP contribution >= 0.6 is 11.8 Å². The quantitative estimate of drug-likeness (QED) is 0.384. The molecular weight excluding hydrogens is 248 g/mol. The monoisotopic (exact) mass is 262 g/mol. The molecule has 2 rings (SSSR count). The highest BCUT2D eigenvalue weighted by Gasteiger charge is 2.14. The summed E-state index contributed by atoms with van der Waals surface area (Å²) in [5, 5.41) is 0. The standard InChI is InChI=1S/C13H14N2O2S/c1-9-7-10(17-12(9)13(16)15-14)8-18-11-5-3-2-4-6-11/h2-7H,8,14H2,1H3,(H,15,16). The summed E-state index contributed by atoms with van der Waals surface area (Å²) in [4.78, 5) is 12.5. The van der Waals surface area contributed by atoms with Crippen LogP contribution in [0.5, 0.6) is 0 Å². The number of hydrogen-bond acceptors (Lipinski definition) is 4. The van der Waals surface area contributed by atoms with Crippen LogP contribution in [-0.4, -0.2) is 5.91 Å². The average molecular weight is 262 g/mol. The molecule has 0 unspecified atom stereocenters. The molecule has 5 heteroatoms.